The standard InChI is InChI=1S/C18H21NO2/c1-3-21-17-10-8-16(9-11-17)19-18(20)12-7-15-6-4-5-14(2)13-15/h4-6,8-11,13H,3,7,12H2,1-2H3,(H,19,20). The van der Waals surface area contributed by atoms with E-state index in [2.05, 4.69) is 30.4 Å². The number of ether oxygens (including phenoxy) is 1. The lowest BCUT2D eigenvalue weighted by Crippen LogP contribution is -2.12. The smallest absolute Gasteiger partial charge is 0.224 e. The number of amides is 1. The van der Waals surface area contributed by atoms with Gasteiger partial charge in [0.25, 0.3) is 0 Å². The number of nitrogens with one attached hydrogen (secondary N) is 1. The van der Waals surface area contributed by atoms with Crippen molar-refractivity contribution in [3.8, 4) is 5.75 Å². The monoisotopic (exact) mass is 283 g/mol. The molecule has 0 aliphatic heterocycles. The van der Waals surface area contributed by atoms with Gasteiger partial charge in [0.2, 0.25) is 5.91 Å². The van der Waals surface area contributed by atoms with E-state index in [0.29, 0.717) is 13.0 Å². The first kappa shape index (κ1) is 15.1. The summed E-state index contributed by atoms with van der Waals surface area (Å²) >= 11 is 0. The van der Waals surface area contributed by atoms with Gasteiger partial charge in [-0.05, 0) is 50.1 Å². The van der Waals surface area contributed by atoms with Crippen molar-refractivity contribution in [3.05, 3.63) is 59.7 Å². The molecule has 0 fully saturated rings. The summed E-state index contributed by atoms with van der Waals surface area (Å²) in [7, 11) is 0. The van der Waals surface area contributed by atoms with E-state index in [1.54, 1.807) is 0 Å². The van der Waals surface area contributed by atoms with Gasteiger partial charge in [-0.3, -0.25) is 4.79 Å². The molecule has 110 valence electrons. The highest BCUT2D eigenvalue weighted by atomic mass is 16.5. The second kappa shape index (κ2) is 7.48. The molecule has 0 spiro atoms. The van der Waals surface area contributed by atoms with Crippen molar-refractivity contribution >= 4 is 11.6 Å². The van der Waals surface area contributed by atoms with Crippen molar-refractivity contribution in [1.29, 1.82) is 0 Å². The Morgan fingerprint density at radius 1 is 1.14 bits per heavy atom. The maximum Gasteiger partial charge on any atom is 0.224 e. The molecule has 0 saturated carbocycles. The van der Waals surface area contributed by atoms with Gasteiger partial charge in [-0.15, -0.1) is 0 Å². The molecular weight excluding hydrogens is 262 g/mol. The molecule has 0 heterocycles. The molecule has 2 aromatic rings. The van der Waals surface area contributed by atoms with Crippen LogP contribution >= 0.6 is 0 Å². The Bertz CT molecular complexity index is 590. The summed E-state index contributed by atoms with van der Waals surface area (Å²) in [4.78, 5) is 11.9. The van der Waals surface area contributed by atoms with E-state index in [0.717, 1.165) is 17.9 Å². The molecule has 0 bridgehead atoms. The average Bonchev–Trinajstić information content (AvgIpc) is 2.48. The van der Waals surface area contributed by atoms with Crippen LogP contribution in [0.15, 0.2) is 48.5 Å². The lowest BCUT2D eigenvalue weighted by Gasteiger charge is -2.07. The van der Waals surface area contributed by atoms with Gasteiger partial charge in [-0.1, -0.05) is 29.8 Å². The molecule has 0 atom stereocenters. The average molecular weight is 283 g/mol. The zero-order valence-electron chi connectivity index (χ0n) is 12.6. The third-order valence-electron chi connectivity index (χ3n) is 3.17. The number of hydrogen-bond donors (Lipinski definition) is 1. The maximum absolute atomic E-state index is 11.9. The van der Waals surface area contributed by atoms with Crippen LogP contribution in [0.4, 0.5) is 5.69 Å². The Morgan fingerprint density at radius 2 is 1.90 bits per heavy atom. The minimum atomic E-state index is 0.0284. The lowest BCUT2D eigenvalue weighted by atomic mass is 10.1. The second-order valence-corrected chi connectivity index (χ2v) is 4.99. The van der Waals surface area contributed by atoms with Gasteiger partial charge in [0.05, 0.1) is 6.61 Å². The quantitative estimate of drug-likeness (QED) is 0.871. The molecule has 0 saturated heterocycles. The predicted molar refractivity (Wildman–Crippen MR) is 85.7 cm³/mol. The van der Waals surface area contributed by atoms with E-state index in [1.165, 1.54) is 11.1 Å². The molecule has 3 nitrogen and oxygen atoms in total. The van der Waals surface area contributed by atoms with Crippen LogP contribution in [-0.2, 0) is 11.2 Å². The highest BCUT2D eigenvalue weighted by Gasteiger charge is 2.04. The predicted octanol–water partition coefficient (Wildman–Crippen LogP) is 3.97. The fourth-order valence-corrected chi connectivity index (χ4v) is 2.15. The van der Waals surface area contributed by atoms with Crippen molar-refractivity contribution in [2.75, 3.05) is 11.9 Å². The number of anilines is 1. The molecule has 2 aromatic carbocycles. The fraction of sp³-hybridized carbons (Fsp3) is 0.278. The molecule has 0 aromatic heterocycles. The van der Waals surface area contributed by atoms with Crippen LogP contribution in [-0.4, -0.2) is 12.5 Å². The van der Waals surface area contributed by atoms with E-state index < -0.39 is 0 Å². The summed E-state index contributed by atoms with van der Waals surface area (Å²) in [6, 6.07) is 15.7. The van der Waals surface area contributed by atoms with Crippen molar-refractivity contribution in [2.45, 2.75) is 26.7 Å². The minimum absolute atomic E-state index is 0.0284. The molecule has 0 unspecified atom stereocenters. The van der Waals surface area contributed by atoms with Gasteiger partial charge >= 0.3 is 0 Å². The zero-order valence-corrected chi connectivity index (χ0v) is 12.6. The van der Waals surface area contributed by atoms with Gasteiger partial charge < -0.3 is 10.1 Å². The largest absolute Gasteiger partial charge is 0.494 e. The lowest BCUT2D eigenvalue weighted by molar-refractivity contribution is -0.116. The van der Waals surface area contributed by atoms with Crippen molar-refractivity contribution in [1.82, 2.24) is 0 Å². The highest BCUT2D eigenvalue weighted by molar-refractivity contribution is 5.90. The third-order valence-corrected chi connectivity index (χ3v) is 3.17. The van der Waals surface area contributed by atoms with E-state index in [-0.39, 0.29) is 5.91 Å². The first-order chi connectivity index (χ1) is 10.2. The van der Waals surface area contributed by atoms with E-state index in [1.807, 2.05) is 37.3 Å². The van der Waals surface area contributed by atoms with Crippen molar-refractivity contribution in [3.63, 3.8) is 0 Å². The molecule has 1 amide bonds. The molecule has 21 heavy (non-hydrogen) atoms. The Balaban J connectivity index is 1.84. The topological polar surface area (TPSA) is 38.3 Å². The third kappa shape index (κ3) is 4.95. The van der Waals surface area contributed by atoms with E-state index >= 15 is 0 Å². The Hall–Kier alpha value is -2.29. The van der Waals surface area contributed by atoms with Crippen LogP contribution in [0.3, 0.4) is 0 Å². The number of carbonyl (C=O) groups is 1. The minimum Gasteiger partial charge on any atom is -0.494 e. The zero-order chi connectivity index (χ0) is 15.1. The summed E-state index contributed by atoms with van der Waals surface area (Å²) in [6.07, 6.45) is 1.24. The van der Waals surface area contributed by atoms with Gasteiger partial charge in [0, 0.05) is 12.1 Å². The van der Waals surface area contributed by atoms with E-state index in [9.17, 15) is 4.79 Å². The van der Waals surface area contributed by atoms with Gasteiger partial charge in [-0.25, -0.2) is 0 Å². The summed E-state index contributed by atoms with van der Waals surface area (Å²) in [6.45, 7) is 4.65. The molecular formula is C18H21NO2. The van der Waals surface area contributed by atoms with E-state index in [4.69, 9.17) is 4.74 Å². The molecule has 1 N–H and O–H groups in total. The van der Waals surface area contributed by atoms with Crippen LogP contribution in [0.25, 0.3) is 0 Å². The van der Waals surface area contributed by atoms with Gasteiger partial charge in [0.1, 0.15) is 5.75 Å². The Morgan fingerprint density at radius 3 is 2.57 bits per heavy atom. The highest BCUT2D eigenvalue weighted by Crippen LogP contribution is 2.16. The maximum atomic E-state index is 11.9. The fourth-order valence-electron chi connectivity index (χ4n) is 2.15. The van der Waals surface area contributed by atoms with Crippen LogP contribution in [0.5, 0.6) is 5.75 Å². The van der Waals surface area contributed by atoms with Crippen LogP contribution in [0.2, 0.25) is 0 Å². The SMILES string of the molecule is CCOc1ccc(NC(=O)CCc2cccc(C)c2)cc1. The summed E-state index contributed by atoms with van der Waals surface area (Å²) in [5.74, 6) is 0.843. The molecule has 0 aliphatic carbocycles. The Kier molecular flexibility index (Phi) is 5.38. The molecule has 0 aliphatic rings. The summed E-state index contributed by atoms with van der Waals surface area (Å²) in [5, 5.41) is 2.90. The Labute approximate surface area is 126 Å². The first-order valence-corrected chi connectivity index (χ1v) is 7.25. The summed E-state index contributed by atoms with van der Waals surface area (Å²) in [5.41, 5.74) is 3.21. The summed E-state index contributed by atoms with van der Waals surface area (Å²) < 4.78 is 5.37. The number of carbonyl (C=O) groups excluding carboxylic acids is 1. The number of hydrogen-bond acceptors (Lipinski definition) is 2. The molecule has 0 radical (unpaired) electrons. The first-order valence-electron chi connectivity index (χ1n) is 7.25. The van der Waals surface area contributed by atoms with Crippen LogP contribution < -0.4 is 10.1 Å². The van der Waals surface area contributed by atoms with Gasteiger partial charge in [-0.2, -0.15) is 0 Å². The number of benzene rings is 2. The molecule has 3 heteroatoms. The van der Waals surface area contributed by atoms with Crippen LogP contribution in [0, 0.1) is 6.92 Å². The number of rotatable bonds is 6. The van der Waals surface area contributed by atoms with Crippen molar-refractivity contribution in [2.24, 2.45) is 0 Å². The van der Waals surface area contributed by atoms with Gasteiger partial charge in [0.15, 0.2) is 0 Å². The molecule has 2 rings (SSSR count). The normalized spacial score (nSPS) is 10.2. The van der Waals surface area contributed by atoms with Crippen molar-refractivity contribution < 1.29 is 9.53 Å². The number of aryl methyl sites for hydroxylation is 2. The van der Waals surface area contributed by atoms with Crippen LogP contribution in [0.1, 0.15) is 24.5 Å². The second-order valence-electron chi connectivity index (χ2n) is 4.99.